The van der Waals surface area contributed by atoms with Crippen LogP contribution in [0.15, 0.2) is 15.8 Å². The second-order valence-electron chi connectivity index (χ2n) is 4.30. The van der Waals surface area contributed by atoms with E-state index in [1.165, 1.54) is 20.2 Å². The summed E-state index contributed by atoms with van der Waals surface area (Å²) in [5.41, 5.74) is -0.885. The van der Waals surface area contributed by atoms with Crippen molar-refractivity contribution in [2.24, 2.45) is 0 Å². The summed E-state index contributed by atoms with van der Waals surface area (Å²) in [6.45, 7) is 1.53. The van der Waals surface area contributed by atoms with E-state index >= 15 is 0 Å². The Bertz CT molecular complexity index is 592. The van der Waals surface area contributed by atoms with Gasteiger partial charge in [-0.05, 0) is 6.92 Å². The molecule has 1 fully saturated rings. The smallest absolute Gasteiger partial charge is 0.330 e. The number of rotatable bonds is 3. The number of hydrogen-bond donors (Lipinski definition) is 2. The van der Waals surface area contributed by atoms with Crippen LogP contribution in [0.2, 0.25) is 0 Å². The van der Waals surface area contributed by atoms with Crippen molar-refractivity contribution in [1.82, 2.24) is 9.55 Å². The van der Waals surface area contributed by atoms with Gasteiger partial charge in [0, 0.05) is 18.9 Å². The Morgan fingerprint density at radius 3 is 2.79 bits per heavy atom. The Morgan fingerprint density at radius 1 is 1.53 bits per heavy atom. The third-order valence-electron chi connectivity index (χ3n) is 3.08. The van der Waals surface area contributed by atoms with Crippen LogP contribution in [0.25, 0.3) is 0 Å². The number of ether oxygens (including phenoxy) is 2. The summed E-state index contributed by atoms with van der Waals surface area (Å²) in [6, 6.07) is 0. The van der Waals surface area contributed by atoms with Gasteiger partial charge in [0.2, 0.25) is 0 Å². The van der Waals surface area contributed by atoms with E-state index in [9.17, 15) is 19.5 Å². The first-order valence-corrected chi connectivity index (χ1v) is 5.63. The fraction of sp³-hybridized carbons (Fsp3) is 0.545. The molecule has 2 heterocycles. The van der Waals surface area contributed by atoms with E-state index in [1.54, 1.807) is 0 Å². The highest BCUT2D eigenvalue weighted by molar-refractivity contribution is 5.58. The molecule has 0 amide bonds. The second kappa shape index (κ2) is 5.08. The second-order valence-corrected chi connectivity index (χ2v) is 4.30. The summed E-state index contributed by atoms with van der Waals surface area (Å²) in [5, 5.41) is 9.83. The minimum Gasteiger partial charge on any atom is -0.387 e. The quantitative estimate of drug-likeness (QED) is 0.634. The van der Waals surface area contributed by atoms with Crippen LogP contribution in [0.4, 0.5) is 0 Å². The molecule has 0 bridgehead atoms. The van der Waals surface area contributed by atoms with Crippen LogP contribution >= 0.6 is 0 Å². The number of nitrogens with zero attached hydrogens (tertiary/aromatic N) is 1. The minimum absolute atomic E-state index is 0.307. The number of aromatic nitrogens is 2. The van der Waals surface area contributed by atoms with Gasteiger partial charge in [0.15, 0.2) is 12.5 Å². The minimum atomic E-state index is -1.17. The Labute approximate surface area is 107 Å². The van der Waals surface area contributed by atoms with Crippen LogP contribution in [0.5, 0.6) is 0 Å². The molecule has 0 radical (unpaired) electrons. The van der Waals surface area contributed by atoms with E-state index in [-0.39, 0.29) is 0 Å². The van der Waals surface area contributed by atoms with Crippen LogP contribution in [-0.4, -0.2) is 46.4 Å². The molecular weight excluding hydrogens is 256 g/mol. The Hall–Kier alpha value is -1.77. The molecule has 1 aliphatic rings. The Balaban J connectivity index is 2.47. The molecule has 1 unspecified atom stereocenters. The van der Waals surface area contributed by atoms with Gasteiger partial charge in [-0.25, -0.2) is 4.79 Å². The van der Waals surface area contributed by atoms with Crippen molar-refractivity contribution in [2.75, 3.05) is 7.11 Å². The van der Waals surface area contributed by atoms with Crippen LogP contribution in [0.3, 0.4) is 0 Å². The summed E-state index contributed by atoms with van der Waals surface area (Å²) >= 11 is 0. The zero-order chi connectivity index (χ0) is 14.2. The number of carbonyl (C=O) groups is 1. The van der Waals surface area contributed by atoms with Gasteiger partial charge in [0.1, 0.15) is 18.3 Å². The van der Waals surface area contributed by atoms with E-state index in [2.05, 4.69) is 4.98 Å². The lowest BCUT2D eigenvalue weighted by atomic mass is 10.1. The standard InChI is InChI=1S/C11H14N2O6/c1-5-3-13(11(17)12-9(5)16)10-8(18-2)7(15)6(4-14)19-10/h3-4,6-8,10,15H,1-2H3,(H,12,16,17)/t6-,7?,8+,10-/m1/s1. The SMILES string of the molecule is CO[C@H]1C(O)[C@@H](C=O)O[C@H]1n1cc(C)c(=O)[nH]c1=O. The number of aliphatic hydroxyl groups is 1. The first-order valence-electron chi connectivity index (χ1n) is 5.63. The van der Waals surface area contributed by atoms with E-state index in [0.29, 0.717) is 11.8 Å². The number of nitrogens with one attached hydrogen (secondary N) is 1. The maximum Gasteiger partial charge on any atom is 0.330 e. The first kappa shape index (κ1) is 13.7. The highest BCUT2D eigenvalue weighted by atomic mass is 16.6. The van der Waals surface area contributed by atoms with Gasteiger partial charge >= 0.3 is 5.69 Å². The molecule has 1 aromatic heterocycles. The maximum absolute atomic E-state index is 11.7. The van der Waals surface area contributed by atoms with Crippen LogP contribution < -0.4 is 11.2 Å². The lowest BCUT2D eigenvalue weighted by molar-refractivity contribution is -0.123. The normalized spacial score (nSPS) is 30.5. The highest BCUT2D eigenvalue weighted by Gasteiger charge is 2.45. The predicted molar refractivity (Wildman–Crippen MR) is 62.8 cm³/mol. The Morgan fingerprint density at radius 2 is 2.21 bits per heavy atom. The average Bonchev–Trinajstić information content (AvgIpc) is 2.70. The number of aromatic amines is 1. The molecule has 1 aliphatic heterocycles. The largest absolute Gasteiger partial charge is 0.387 e. The summed E-state index contributed by atoms with van der Waals surface area (Å²) < 4.78 is 11.4. The van der Waals surface area contributed by atoms with Crippen LogP contribution in [-0.2, 0) is 14.3 Å². The third kappa shape index (κ3) is 2.25. The molecule has 1 aromatic rings. The van der Waals surface area contributed by atoms with E-state index < -0.39 is 35.8 Å². The van der Waals surface area contributed by atoms with E-state index in [4.69, 9.17) is 9.47 Å². The number of aldehydes is 1. The molecule has 8 nitrogen and oxygen atoms in total. The van der Waals surface area contributed by atoms with Crippen molar-refractivity contribution in [3.05, 3.63) is 32.6 Å². The average molecular weight is 270 g/mol. The van der Waals surface area contributed by atoms with Crippen molar-refractivity contribution in [2.45, 2.75) is 31.5 Å². The molecule has 2 rings (SSSR count). The van der Waals surface area contributed by atoms with Crippen molar-refractivity contribution in [3.8, 4) is 0 Å². The summed E-state index contributed by atoms with van der Waals surface area (Å²) in [7, 11) is 1.33. The van der Waals surface area contributed by atoms with Gasteiger partial charge in [-0.15, -0.1) is 0 Å². The van der Waals surface area contributed by atoms with Crippen molar-refractivity contribution in [3.63, 3.8) is 0 Å². The van der Waals surface area contributed by atoms with E-state index in [1.807, 2.05) is 0 Å². The topological polar surface area (TPSA) is 111 Å². The van der Waals surface area contributed by atoms with Crippen LogP contribution in [0.1, 0.15) is 11.8 Å². The molecule has 104 valence electrons. The summed E-state index contributed by atoms with van der Waals surface area (Å²) in [4.78, 5) is 35.9. The molecule has 19 heavy (non-hydrogen) atoms. The lowest BCUT2D eigenvalue weighted by Gasteiger charge is -2.20. The van der Waals surface area contributed by atoms with Gasteiger partial charge in [0.25, 0.3) is 5.56 Å². The molecule has 0 saturated carbocycles. The lowest BCUT2D eigenvalue weighted by Crippen LogP contribution is -2.39. The molecule has 0 aliphatic carbocycles. The van der Waals surface area contributed by atoms with Crippen molar-refractivity contribution < 1.29 is 19.4 Å². The van der Waals surface area contributed by atoms with Gasteiger partial charge in [-0.3, -0.25) is 14.3 Å². The number of methoxy groups -OCH3 is 1. The van der Waals surface area contributed by atoms with Gasteiger partial charge in [-0.2, -0.15) is 0 Å². The molecule has 1 saturated heterocycles. The zero-order valence-electron chi connectivity index (χ0n) is 10.4. The summed E-state index contributed by atoms with van der Waals surface area (Å²) in [5.74, 6) is 0. The highest BCUT2D eigenvalue weighted by Crippen LogP contribution is 2.29. The Kier molecular flexibility index (Phi) is 3.65. The van der Waals surface area contributed by atoms with Crippen molar-refractivity contribution >= 4 is 6.29 Å². The van der Waals surface area contributed by atoms with Gasteiger partial charge in [-0.1, -0.05) is 0 Å². The number of carbonyl (C=O) groups excluding carboxylic acids is 1. The molecule has 8 heteroatoms. The molecule has 0 aromatic carbocycles. The van der Waals surface area contributed by atoms with Gasteiger partial charge < -0.3 is 19.4 Å². The monoisotopic (exact) mass is 270 g/mol. The first-order chi connectivity index (χ1) is 8.99. The summed E-state index contributed by atoms with van der Waals surface area (Å²) in [6.07, 6.45) is -2.35. The number of H-pyrrole nitrogens is 1. The molecule has 2 N–H and O–H groups in total. The number of aryl methyl sites for hydroxylation is 1. The van der Waals surface area contributed by atoms with Crippen LogP contribution in [0, 0.1) is 6.92 Å². The maximum atomic E-state index is 11.7. The van der Waals surface area contributed by atoms with Crippen molar-refractivity contribution in [1.29, 1.82) is 0 Å². The van der Waals surface area contributed by atoms with Gasteiger partial charge in [0.05, 0.1) is 0 Å². The molecule has 0 spiro atoms. The zero-order valence-corrected chi connectivity index (χ0v) is 10.4. The fourth-order valence-corrected chi connectivity index (χ4v) is 2.04. The number of aliphatic hydroxyl groups excluding tert-OH is 1. The number of hydrogen-bond acceptors (Lipinski definition) is 6. The molecule has 4 atom stereocenters. The molecular formula is C11H14N2O6. The predicted octanol–water partition coefficient (Wildman–Crippen LogP) is -1.68. The fourth-order valence-electron chi connectivity index (χ4n) is 2.04. The third-order valence-corrected chi connectivity index (χ3v) is 3.08. The van der Waals surface area contributed by atoms with E-state index in [0.717, 1.165) is 4.57 Å².